The molecule has 8 aromatic rings. The van der Waals surface area contributed by atoms with Crippen LogP contribution in [-0.4, -0.2) is 40.0 Å². The Kier molecular flexibility index (Phi) is 8.80. The summed E-state index contributed by atoms with van der Waals surface area (Å²) in [5.74, 6) is 1.54. The Morgan fingerprint density at radius 3 is 1.84 bits per heavy atom. The average molecular weight is 669 g/mol. The van der Waals surface area contributed by atoms with Crippen LogP contribution < -0.4 is 0 Å². The number of aryl methyl sites for hydroxylation is 2. The van der Waals surface area contributed by atoms with Gasteiger partial charge in [-0.1, -0.05) is 160 Å². The largest absolute Gasteiger partial charge is 0.280 e. The highest BCUT2D eigenvalue weighted by molar-refractivity contribution is 5.81. The Morgan fingerprint density at radius 1 is 0.667 bits per heavy atom. The number of aromatic nitrogens is 8. The zero-order valence-corrected chi connectivity index (χ0v) is 28.9. The minimum Gasteiger partial charge on any atom is -0.280 e. The summed E-state index contributed by atoms with van der Waals surface area (Å²) in [6.45, 7) is 4.31. The van der Waals surface area contributed by atoms with E-state index >= 15 is 0 Å². The summed E-state index contributed by atoms with van der Waals surface area (Å²) >= 11 is 0. The van der Waals surface area contributed by atoms with Crippen molar-refractivity contribution in [3.05, 3.63) is 179 Å². The maximum Gasteiger partial charge on any atom is 0.184 e. The standard InChI is InChI=1S/C43H40N8/c1-3-5-25-39-38(41-44-40(4-2)47-51(41)46-39)30-31-26-28-32(29-27-31)36-23-15-16-24-37(36)42-45-48-49-50(42)43(33-17-9-6-10-18-33,34-19-11-7-12-20-34)35-21-13-8-14-22-35/h6-24,26-29,46H,3-5,25,30H2,1-2H3. The second-order valence-corrected chi connectivity index (χ2v) is 12.9. The van der Waals surface area contributed by atoms with Crippen LogP contribution in [0.3, 0.4) is 0 Å². The van der Waals surface area contributed by atoms with Gasteiger partial charge in [0.25, 0.3) is 0 Å². The molecule has 51 heavy (non-hydrogen) atoms. The summed E-state index contributed by atoms with van der Waals surface area (Å²) in [4.78, 5) is 4.85. The monoisotopic (exact) mass is 668 g/mol. The molecular weight excluding hydrogens is 629 g/mol. The minimum absolute atomic E-state index is 0.681. The number of rotatable bonds is 12. The van der Waals surface area contributed by atoms with E-state index in [2.05, 4.69) is 151 Å². The molecule has 0 unspecified atom stereocenters. The van der Waals surface area contributed by atoms with Crippen molar-refractivity contribution >= 4 is 5.65 Å². The molecule has 8 nitrogen and oxygen atoms in total. The molecule has 0 aliphatic carbocycles. The van der Waals surface area contributed by atoms with E-state index < -0.39 is 5.54 Å². The highest BCUT2D eigenvalue weighted by Crippen LogP contribution is 2.43. The SMILES string of the molecule is CCCCc1[nH]n2nc(CC)nc2c1Cc1ccc(-c2ccccc2-c2nnnn2C(c2ccccc2)(c2ccccc2)c2ccccc2)cc1. The Morgan fingerprint density at radius 2 is 1.25 bits per heavy atom. The van der Waals surface area contributed by atoms with E-state index in [1.807, 2.05) is 27.5 Å². The van der Waals surface area contributed by atoms with Crippen LogP contribution in [0.2, 0.25) is 0 Å². The van der Waals surface area contributed by atoms with Crippen molar-refractivity contribution in [2.45, 2.75) is 51.5 Å². The molecule has 0 saturated carbocycles. The van der Waals surface area contributed by atoms with Crippen LogP contribution in [0.25, 0.3) is 28.2 Å². The average Bonchev–Trinajstić information content (AvgIpc) is 3.92. The summed E-state index contributed by atoms with van der Waals surface area (Å²) in [6, 6.07) is 48.8. The predicted molar refractivity (Wildman–Crippen MR) is 201 cm³/mol. The van der Waals surface area contributed by atoms with Gasteiger partial charge >= 0.3 is 0 Å². The number of aromatic amines is 1. The van der Waals surface area contributed by atoms with Crippen LogP contribution in [0, 0.1) is 0 Å². The summed E-state index contributed by atoms with van der Waals surface area (Å²) in [5, 5.41) is 22.0. The van der Waals surface area contributed by atoms with Crippen molar-refractivity contribution < 1.29 is 0 Å². The molecule has 0 atom stereocenters. The van der Waals surface area contributed by atoms with Crippen LogP contribution >= 0.6 is 0 Å². The van der Waals surface area contributed by atoms with Crippen molar-refractivity contribution in [1.29, 1.82) is 0 Å². The number of hydrogen-bond acceptors (Lipinski definition) is 5. The summed E-state index contributed by atoms with van der Waals surface area (Å²) in [5.41, 5.74) is 10.0. The van der Waals surface area contributed by atoms with Gasteiger partial charge in [0, 0.05) is 29.7 Å². The lowest BCUT2D eigenvalue weighted by Crippen LogP contribution is -2.39. The van der Waals surface area contributed by atoms with Gasteiger partial charge in [-0.25, -0.2) is 9.67 Å². The first-order valence-corrected chi connectivity index (χ1v) is 17.8. The lowest BCUT2D eigenvalue weighted by Gasteiger charge is -2.36. The Bertz CT molecular complexity index is 2260. The lowest BCUT2D eigenvalue weighted by molar-refractivity contribution is 0.451. The third-order valence-corrected chi connectivity index (χ3v) is 9.80. The lowest BCUT2D eigenvalue weighted by atomic mass is 9.77. The number of nitrogens with zero attached hydrogens (tertiary/aromatic N) is 7. The fourth-order valence-electron chi connectivity index (χ4n) is 7.28. The molecule has 0 saturated heterocycles. The first kappa shape index (κ1) is 32.1. The van der Waals surface area contributed by atoms with Gasteiger partial charge in [-0.3, -0.25) is 5.10 Å². The van der Waals surface area contributed by atoms with Gasteiger partial charge in [-0.15, -0.1) is 10.2 Å². The number of fused-ring (bicyclic) bond motifs is 1. The van der Waals surface area contributed by atoms with Crippen LogP contribution in [0.1, 0.15) is 66.0 Å². The Balaban J connectivity index is 1.22. The molecule has 5 aromatic carbocycles. The number of H-pyrrole nitrogens is 1. The summed E-state index contributed by atoms with van der Waals surface area (Å²) < 4.78 is 3.85. The third kappa shape index (κ3) is 5.82. The third-order valence-electron chi connectivity index (χ3n) is 9.80. The van der Waals surface area contributed by atoms with Gasteiger partial charge in [-0.05, 0) is 56.6 Å². The van der Waals surface area contributed by atoms with Crippen molar-refractivity contribution in [3.8, 4) is 22.5 Å². The van der Waals surface area contributed by atoms with E-state index in [0.29, 0.717) is 5.82 Å². The van der Waals surface area contributed by atoms with Gasteiger partial charge in [0.1, 0.15) is 5.54 Å². The van der Waals surface area contributed by atoms with E-state index in [4.69, 9.17) is 15.3 Å². The number of unbranched alkanes of at least 4 members (excludes halogenated alkanes) is 1. The molecule has 0 radical (unpaired) electrons. The minimum atomic E-state index is -0.837. The fraction of sp³-hybridized carbons (Fsp3) is 0.186. The van der Waals surface area contributed by atoms with Gasteiger partial charge in [0.2, 0.25) is 0 Å². The molecule has 0 aliphatic rings. The number of hydrogen-bond donors (Lipinski definition) is 1. The molecule has 0 aliphatic heterocycles. The van der Waals surface area contributed by atoms with Crippen LogP contribution in [0.4, 0.5) is 0 Å². The molecule has 3 heterocycles. The molecule has 0 amide bonds. The second-order valence-electron chi connectivity index (χ2n) is 12.9. The zero-order chi connectivity index (χ0) is 34.6. The Hall–Kier alpha value is -6.15. The number of benzene rings is 5. The normalized spacial score (nSPS) is 11.7. The zero-order valence-electron chi connectivity index (χ0n) is 28.9. The van der Waals surface area contributed by atoms with Crippen LogP contribution in [-0.2, 0) is 24.8 Å². The number of nitrogens with one attached hydrogen (secondary N) is 1. The first-order valence-electron chi connectivity index (χ1n) is 17.8. The van der Waals surface area contributed by atoms with Crippen LogP contribution in [0.5, 0.6) is 0 Å². The van der Waals surface area contributed by atoms with E-state index in [9.17, 15) is 0 Å². The van der Waals surface area contributed by atoms with E-state index in [1.165, 1.54) is 16.8 Å². The fourth-order valence-corrected chi connectivity index (χ4v) is 7.28. The van der Waals surface area contributed by atoms with Gasteiger partial charge in [0.05, 0.1) is 0 Å². The van der Waals surface area contributed by atoms with E-state index in [1.54, 1.807) is 0 Å². The topological polar surface area (TPSA) is 89.6 Å². The molecule has 1 N–H and O–H groups in total. The quantitative estimate of drug-likeness (QED) is 0.132. The molecule has 0 fully saturated rings. The van der Waals surface area contributed by atoms with Crippen molar-refractivity contribution in [2.24, 2.45) is 0 Å². The molecular formula is C43H40N8. The first-order chi connectivity index (χ1) is 25.2. The Labute approximate surface area is 297 Å². The maximum atomic E-state index is 4.85. The smallest absolute Gasteiger partial charge is 0.184 e. The summed E-state index contributed by atoms with van der Waals surface area (Å²) in [7, 11) is 0. The molecule has 0 spiro atoms. The highest BCUT2D eigenvalue weighted by atomic mass is 15.6. The van der Waals surface area contributed by atoms with Crippen LogP contribution in [0.15, 0.2) is 140 Å². The molecule has 8 rings (SSSR count). The van der Waals surface area contributed by atoms with Crippen molar-refractivity contribution in [3.63, 3.8) is 0 Å². The van der Waals surface area contributed by atoms with Crippen molar-refractivity contribution in [1.82, 2.24) is 40.0 Å². The molecule has 252 valence electrons. The van der Waals surface area contributed by atoms with Gasteiger partial charge in [0.15, 0.2) is 17.3 Å². The molecule has 3 aromatic heterocycles. The predicted octanol–water partition coefficient (Wildman–Crippen LogP) is 8.71. The molecule has 8 heteroatoms. The van der Waals surface area contributed by atoms with Gasteiger partial charge in [-0.2, -0.15) is 4.63 Å². The summed E-state index contributed by atoms with van der Waals surface area (Å²) in [6.07, 6.45) is 4.82. The molecule has 0 bridgehead atoms. The van der Waals surface area contributed by atoms with Crippen molar-refractivity contribution in [2.75, 3.05) is 0 Å². The van der Waals surface area contributed by atoms with Gasteiger partial charge < -0.3 is 0 Å². The number of tetrazole rings is 1. The maximum absolute atomic E-state index is 4.85. The van der Waals surface area contributed by atoms with E-state index in [0.717, 1.165) is 77.0 Å². The second kappa shape index (κ2) is 14.0. The highest BCUT2D eigenvalue weighted by Gasteiger charge is 2.42. The van der Waals surface area contributed by atoms with E-state index in [-0.39, 0.29) is 0 Å².